The second-order valence-electron chi connectivity index (χ2n) is 8.03. The maximum absolute atomic E-state index is 13.3. The maximum atomic E-state index is 13.3. The molecule has 0 atom stereocenters. The van der Waals surface area contributed by atoms with E-state index >= 15 is 0 Å². The highest BCUT2D eigenvalue weighted by atomic mass is 32.1. The quantitative estimate of drug-likeness (QED) is 0.456. The molecule has 0 bridgehead atoms. The smallest absolute Gasteiger partial charge is 0.191 e. The van der Waals surface area contributed by atoms with Gasteiger partial charge >= 0.3 is 0 Å². The van der Waals surface area contributed by atoms with E-state index in [2.05, 4.69) is 39.9 Å². The number of imidazole rings is 1. The lowest BCUT2D eigenvalue weighted by atomic mass is 9.91. The van der Waals surface area contributed by atoms with Crippen LogP contribution < -0.4 is 10.2 Å². The molecule has 5 nitrogen and oxygen atoms in total. The standard InChI is InChI=1S/C24H26FN5S/c1-3-20-23(29(2)24-28-21(15-31-24)17-4-7-19(25)8-5-17)30-14-18(6-9-22(30)27-20)16-10-12-26-13-11-16/h4-9,14-16,26H,3,10-13H2,1-2H3. The number of nitrogens with one attached hydrogen (secondary N) is 1. The predicted octanol–water partition coefficient (Wildman–Crippen LogP) is 5.39. The Hall–Kier alpha value is -2.77. The summed E-state index contributed by atoms with van der Waals surface area (Å²) in [5, 5.41) is 6.36. The van der Waals surface area contributed by atoms with Gasteiger partial charge in [0, 0.05) is 24.2 Å². The summed E-state index contributed by atoms with van der Waals surface area (Å²) < 4.78 is 15.5. The van der Waals surface area contributed by atoms with E-state index in [1.165, 1.54) is 30.5 Å². The van der Waals surface area contributed by atoms with Crippen LogP contribution in [-0.4, -0.2) is 34.5 Å². The van der Waals surface area contributed by atoms with Crippen molar-refractivity contribution in [3.8, 4) is 11.3 Å². The zero-order chi connectivity index (χ0) is 21.4. The van der Waals surface area contributed by atoms with Crippen molar-refractivity contribution < 1.29 is 4.39 Å². The molecule has 0 amide bonds. The molecule has 1 aliphatic heterocycles. The molecule has 4 aromatic rings. The Balaban J connectivity index is 1.53. The molecule has 1 aromatic carbocycles. The van der Waals surface area contributed by atoms with Crippen molar-refractivity contribution in [2.75, 3.05) is 25.0 Å². The number of aromatic nitrogens is 3. The van der Waals surface area contributed by atoms with Gasteiger partial charge in [-0.1, -0.05) is 13.0 Å². The number of rotatable bonds is 5. The Morgan fingerprint density at radius 1 is 1.13 bits per heavy atom. The van der Waals surface area contributed by atoms with E-state index in [1.54, 1.807) is 23.5 Å². The van der Waals surface area contributed by atoms with E-state index in [-0.39, 0.29) is 5.82 Å². The first kappa shape index (κ1) is 20.2. The van der Waals surface area contributed by atoms with E-state index < -0.39 is 0 Å². The number of hydrogen-bond donors (Lipinski definition) is 1. The summed E-state index contributed by atoms with van der Waals surface area (Å²) in [7, 11) is 2.05. The number of piperidine rings is 1. The van der Waals surface area contributed by atoms with E-state index in [0.717, 1.165) is 53.1 Å². The molecule has 3 aromatic heterocycles. The van der Waals surface area contributed by atoms with Gasteiger partial charge in [0.2, 0.25) is 0 Å². The van der Waals surface area contributed by atoms with Gasteiger partial charge in [0.1, 0.15) is 17.3 Å². The van der Waals surface area contributed by atoms with E-state index in [4.69, 9.17) is 9.97 Å². The number of aryl methyl sites for hydroxylation is 1. The zero-order valence-electron chi connectivity index (χ0n) is 17.8. The predicted molar refractivity (Wildman–Crippen MR) is 125 cm³/mol. The average molecular weight is 436 g/mol. The summed E-state index contributed by atoms with van der Waals surface area (Å²) in [5.74, 6) is 1.41. The Morgan fingerprint density at radius 2 is 1.90 bits per heavy atom. The number of benzene rings is 1. The highest BCUT2D eigenvalue weighted by Gasteiger charge is 2.21. The minimum absolute atomic E-state index is 0.237. The molecule has 1 saturated heterocycles. The first-order chi connectivity index (χ1) is 15.1. The number of anilines is 2. The van der Waals surface area contributed by atoms with Crippen LogP contribution >= 0.6 is 11.3 Å². The van der Waals surface area contributed by atoms with Gasteiger partial charge in [-0.3, -0.25) is 4.40 Å². The van der Waals surface area contributed by atoms with E-state index in [0.29, 0.717) is 5.92 Å². The molecule has 1 fully saturated rings. The third kappa shape index (κ3) is 3.83. The zero-order valence-corrected chi connectivity index (χ0v) is 18.6. The van der Waals surface area contributed by atoms with Gasteiger partial charge in [0.05, 0.1) is 11.4 Å². The van der Waals surface area contributed by atoms with E-state index in [1.807, 2.05) is 12.4 Å². The lowest BCUT2D eigenvalue weighted by Crippen LogP contribution is -2.26. The highest BCUT2D eigenvalue weighted by Crippen LogP contribution is 2.35. The molecule has 4 heterocycles. The van der Waals surface area contributed by atoms with Crippen molar-refractivity contribution in [1.29, 1.82) is 0 Å². The molecule has 7 heteroatoms. The number of halogens is 1. The third-order valence-corrected chi connectivity index (χ3v) is 6.98. The van der Waals surface area contributed by atoms with Gasteiger partial charge in [-0.2, -0.15) is 0 Å². The summed E-state index contributed by atoms with van der Waals surface area (Å²) in [6, 6.07) is 10.9. The Bertz CT molecular complexity index is 1190. The number of hydrogen-bond acceptors (Lipinski definition) is 5. The van der Waals surface area contributed by atoms with Gasteiger partial charge < -0.3 is 10.2 Å². The third-order valence-electron chi connectivity index (χ3n) is 6.07. The van der Waals surface area contributed by atoms with Crippen molar-refractivity contribution in [2.24, 2.45) is 0 Å². The fourth-order valence-corrected chi connectivity index (χ4v) is 5.15. The molecule has 0 saturated carbocycles. The lowest BCUT2D eigenvalue weighted by Gasteiger charge is -2.23. The number of pyridine rings is 1. The molecule has 0 radical (unpaired) electrons. The van der Waals surface area contributed by atoms with Gasteiger partial charge in [-0.25, -0.2) is 14.4 Å². The first-order valence-corrected chi connectivity index (χ1v) is 11.7. The normalized spacial score (nSPS) is 14.9. The molecular weight excluding hydrogens is 409 g/mol. The van der Waals surface area contributed by atoms with Crippen LogP contribution in [0, 0.1) is 5.82 Å². The van der Waals surface area contributed by atoms with Crippen LogP contribution in [0.2, 0.25) is 0 Å². The molecular formula is C24H26FN5S. The van der Waals surface area contributed by atoms with Crippen molar-refractivity contribution in [1.82, 2.24) is 19.7 Å². The van der Waals surface area contributed by atoms with Crippen LogP contribution in [0.1, 0.15) is 36.9 Å². The Morgan fingerprint density at radius 3 is 2.65 bits per heavy atom. The minimum Gasteiger partial charge on any atom is -0.317 e. The van der Waals surface area contributed by atoms with Crippen LogP contribution in [0.4, 0.5) is 15.3 Å². The van der Waals surface area contributed by atoms with E-state index in [9.17, 15) is 4.39 Å². The van der Waals surface area contributed by atoms with Gasteiger partial charge in [-0.05, 0) is 74.2 Å². The van der Waals surface area contributed by atoms with Gasteiger partial charge in [0.15, 0.2) is 5.13 Å². The first-order valence-electron chi connectivity index (χ1n) is 10.8. The van der Waals surface area contributed by atoms with Crippen LogP contribution in [0.25, 0.3) is 16.9 Å². The second-order valence-corrected chi connectivity index (χ2v) is 8.87. The molecule has 0 aliphatic carbocycles. The van der Waals surface area contributed by atoms with Gasteiger partial charge in [-0.15, -0.1) is 11.3 Å². The van der Waals surface area contributed by atoms with Crippen LogP contribution in [0.5, 0.6) is 0 Å². The molecule has 0 spiro atoms. The van der Waals surface area contributed by atoms with Crippen molar-refractivity contribution >= 4 is 27.9 Å². The maximum Gasteiger partial charge on any atom is 0.191 e. The van der Waals surface area contributed by atoms with Crippen LogP contribution in [0.15, 0.2) is 48.0 Å². The molecule has 31 heavy (non-hydrogen) atoms. The molecule has 1 aliphatic rings. The number of nitrogens with zero attached hydrogens (tertiary/aromatic N) is 4. The van der Waals surface area contributed by atoms with Crippen LogP contribution in [0.3, 0.4) is 0 Å². The average Bonchev–Trinajstić information content (AvgIpc) is 3.44. The summed E-state index contributed by atoms with van der Waals surface area (Å²) in [4.78, 5) is 11.8. The fourth-order valence-electron chi connectivity index (χ4n) is 4.35. The minimum atomic E-state index is -0.237. The second kappa shape index (κ2) is 8.40. The number of thiazole rings is 1. The summed E-state index contributed by atoms with van der Waals surface area (Å²) >= 11 is 1.59. The summed E-state index contributed by atoms with van der Waals surface area (Å²) in [5.41, 5.74) is 5.17. The monoisotopic (exact) mass is 435 g/mol. The SMILES string of the molecule is CCc1nc2ccc(C3CCNCC3)cn2c1N(C)c1nc(-c2ccc(F)cc2)cs1. The molecule has 5 rings (SSSR count). The summed E-state index contributed by atoms with van der Waals surface area (Å²) in [6.45, 7) is 4.29. The Labute approximate surface area is 185 Å². The lowest BCUT2D eigenvalue weighted by molar-refractivity contribution is 0.459. The van der Waals surface area contributed by atoms with Crippen LogP contribution in [-0.2, 0) is 6.42 Å². The molecule has 0 unspecified atom stereocenters. The molecule has 1 N–H and O–H groups in total. The van der Waals surface area contributed by atoms with Crippen molar-refractivity contribution in [2.45, 2.75) is 32.1 Å². The number of fused-ring (bicyclic) bond motifs is 1. The van der Waals surface area contributed by atoms with Crippen molar-refractivity contribution in [3.05, 3.63) is 65.0 Å². The highest BCUT2D eigenvalue weighted by molar-refractivity contribution is 7.14. The van der Waals surface area contributed by atoms with Crippen molar-refractivity contribution in [3.63, 3.8) is 0 Å². The Kier molecular flexibility index (Phi) is 5.46. The largest absolute Gasteiger partial charge is 0.317 e. The van der Waals surface area contributed by atoms with Gasteiger partial charge in [0.25, 0.3) is 0 Å². The summed E-state index contributed by atoms with van der Waals surface area (Å²) in [6.07, 6.45) is 5.44. The fraction of sp³-hybridized carbons (Fsp3) is 0.333. The molecule has 160 valence electrons. The topological polar surface area (TPSA) is 45.5 Å².